The van der Waals surface area contributed by atoms with E-state index in [-0.39, 0.29) is 17.2 Å². The lowest BCUT2D eigenvalue weighted by atomic mass is 10.2. The van der Waals surface area contributed by atoms with Crippen LogP contribution in [0.25, 0.3) is 10.2 Å². The minimum absolute atomic E-state index is 0.110. The Labute approximate surface area is 157 Å². The molecule has 0 aromatic carbocycles. The lowest BCUT2D eigenvalue weighted by molar-refractivity contribution is -0.113. The minimum atomic E-state index is -0.119. The van der Waals surface area contributed by atoms with Crippen LogP contribution in [-0.2, 0) is 10.5 Å². The highest BCUT2D eigenvalue weighted by atomic mass is 32.2. The minimum Gasteiger partial charge on any atom is -0.309 e. The molecule has 1 amide bonds. The van der Waals surface area contributed by atoms with Crippen LogP contribution in [0.5, 0.6) is 0 Å². The number of fused-ring (bicyclic) bond motifs is 1. The number of nitrogens with zero attached hydrogens (tertiary/aromatic N) is 2. The predicted octanol–water partition coefficient (Wildman–Crippen LogP) is 3.74. The highest BCUT2D eigenvalue weighted by molar-refractivity contribution is 7.99. The van der Waals surface area contributed by atoms with E-state index in [0.717, 1.165) is 14.6 Å². The van der Waals surface area contributed by atoms with Crippen LogP contribution < -0.4 is 10.9 Å². The number of rotatable bonds is 6. The van der Waals surface area contributed by atoms with Crippen molar-refractivity contribution in [3.05, 3.63) is 38.2 Å². The van der Waals surface area contributed by atoms with Crippen LogP contribution in [-0.4, -0.2) is 26.6 Å². The third-order valence-corrected chi connectivity index (χ3v) is 6.48. The van der Waals surface area contributed by atoms with Crippen LogP contribution >= 0.6 is 34.4 Å². The number of carbonyl (C=O) groups excluding carboxylic acids is 1. The largest absolute Gasteiger partial charge is 0.309 e. The molecule has 0 unspecified atom stereocenters. The molecule has 9 heteroatoms. The molecule has 3 heterocycles. The van der Waals surface area contributed by atoms with Crippen molar-refractivity contribution in [2.75, 3.05) is 11.1 Å². The molecule has 3 rings (SSSR count). The number of thiazole rings is 1. The van der Waals surface area contributed by atoms with Crippen molar-refractivity contribution in [2.45, 2.75) is 32.4 Å². The van der Waals surface area contributed by atoms with Gasteiger partial charge in [0.05, 0.1) is 16.9 Å². The summed E-state index contributed by atoms with van der Waals surface area (Å²) in [7, 11) is 0. The first-order chi connectivity index (χ1) is 11.9. The van der Waals surface area contributed by atoms with E-state index in [1.165, 1.54) is 23.1 Å². The second kappa shape index (κ2) is 7.67. The molecule has 0 radical (unpaired) electrons. The second-order valence-corrected chi connectivity index (χ2v) is 9.13. The molecule has 3 aromatic rings. The summed E-state index contributed by atoms with van der Waals surface area (Å²) < 4.78 is 0. The quantitative estimate of drug-likeness (QED) is 0.665. The number of thiophene rings is 1. The summed E-state index contributed by atoms with van der Waals surface area (Å²) in [6, 6.07) is 1.91. The summed E-state index contributed by atoms with van der Waals surface area (Å²) in [5.41, 5.74) is -0.119. The van der Waals surface area contributed by atoms with Gasteiger partial charge in [-0.15, -0.1) is 34.4 Å². The Kier molecular flexibility index (Phi) is 5.55. The lowest BCUT2D eigenvalue weighted by Crippen LogP contribution is -2.15. The summed E-state index contributed by atoms with van der Waals surface area (Å²) in [6.07, 6.45) is 1.73. The molecule has 0 atom stereocenters. The number of aryl methyl sites for hydroxylation is 1. The van der Waals surface area contributed by atoms with Gasteiger partial charge in [-0.25, -0.2) is 9.97 Å². The second-order valence-electron chi connectivity index (χ2n) is 5.85. The molecule has 0 fully saturated rings. The van der Waals surface area contributed by atoms with E-state index in [2.05, 4.69) is 34.1 Å². The standard InChI is InChI=1S/C16H18N4O2S3/c1-8(2)11-4-10-14(22)18-12(19-15(10)25-11)6-23-7-13(21)20-16-17-5-9(3)24-16/h4-5,8H,6-7H2,1-3H3,(H,17,20,21)(H,18,19,22). The Balaban J connectivity index is 1.61. The van der Waals surface area contributed by atoms with Crippen molar-refractivity contribution in [1.29, 1.82) is 0 Å². The normalized spacial score (nSPS) is 11.4. The van der Waals surface area contributed by atoms with E-state index in [1.54, 1.807) is 17.5 Å². The van der Waals surface area contributed by atoms with Gasteiger partial charge < -0.3 is 10.3 Å². The van der Waals surface area contributed by atoms with Gasteiger partial charge in [0, 0.05) is 16.0 Å². The molecule has 0 saturated carbocycles. The molecular formula is C16H18N4O2S3. The van der Waals surface area contributed by atoms with Gasteiger partial charge >= 0.3 is 0 Å². The van der Waals surface area contributed by atoms with Crippen molar-refractivity contribution in [3.8, 4) is 0 Å². The number of amides is 1. The zero-order valence-electron chi connectivity index (χ0n) is 14.1. The number of H-pyrrole nitrogens is 1. The number of aromatic amines is 1. The maximum atomic E-state index is 12.2. The Morgan fingerprint density at radius 1 is 1.40 bits per heavy atom. The third kappa shape index (κ3) is 4.47. The Morgan fingerprint density at radius 3 is 2.88 bits per heavy atom. The molecule has 0 aliphatic rings. The molecule has 2 N–H and O–H groups in total. The summed E-state index contributed by atoms with van der Waals surface area (Å²) >= 11 is 4.40. The van der Waals surface area contributed by atoms with E-state index >= 15 is 0 Å². The van der Waals surface area contributed by atoms with Crippen molar-refractivity contribution in [3.63, 3.8) is 0 Å². The van der Waals surface area contributed by atoms with Crippen molar-refractivity contribution >= 4 is 55.7 Å². The molecule has 3 aromatic heterocycles. The van der Waals surface area contributed by atoms with Gasteiger partial charge in [0.25, 0.3) is 5.56 Å². The maximum absolute atomic E-state index is 12.2. The van der Waals surface area contributed by atoms with Crippen LogP contribution in [0.4, 0.5) is 5.13 Å². The Morgan fingerprint density at radius 2 is 2.20 bits per heavy atom. The maximum Gasteiger partial charge on any atom is 0.259 e. The van der Waals surface area contributed by atoms with Crippen molar-refractivity contribution in [1.82, 2.24) is 15.0 Å². The van der Waals surface area contributed by atoms with Gasteiger partial charge in [-0.3, -0.25) is 9.59 Å². The molecule has 132 valence electrons. The van der Waals surface area contributed by atoms with E-state index < -0.39 is 0 Å². The molecule has 0 aliphatic heterocycles. The van der Waals surface area contributed by atoms with Crippen molar-refractivity contribution < 1.29 is 4.79 Å². The van der Waals surface area contributed by atoms with Gasteiger partial charge in [0.15, 0.2) is 5.13 Å². The van der Waals surface area contributed by atoms with Gasteiger partial charge in [-0.1, -0.05) is 13.8 Å². The highest BCUT2D eigenvalue weighted by Crippen LogP contribution is 2.27. The van der Waals surface area contributed by atoms with Crippen LogP contribution in [0, 0.1) is 6.92 Å². The lowest BCUT2D eigenvalue weighted by Gasteiger charge is -2.02. The topological polar surface area (TPSA) is 87.7 Å². The SMILES string of the molecule is Cc1cnc(NC(=O)CSCc2nc3sc(C(C)C)cc3c(=O)[nH]2)s1. The number of anilines is 1. The van der Waals surface area contributed by atoms with Crippen LogP contribution in [0.3, 0.4) is 0 Å². The third-order valence-electron chi connectivity index (χ3n) is 3.38. The zero-order chi connectivity index (χ0) is 18.0. The molecule has 0 spiro atoms. The van der Waals surface area contributed by atoms with Crippen LogP contribution in [0.15, 0.2) is 17.1 Å². The number of thioether (sulfide) groups is 1. The fourth-order valence-corrected chi connectivity index (χ4v) is 4.58. The first-order valence-electron chi connectivity index (χ1n) is 7.75. The molecule has 0 saturated heterocycles. The molecule has 0 bridgehead atoms. The fourth-order valence-electron chi connectivity index (χ4n) is 2.16. The monoisotopic (exact) mass is 394 g/mol. The van der Waals surface area contributed by atoms with E-state index in [4.69, 9.17) is 0 Å². The number of hydrogen-bond acceptors (Lipinski definition) is 7. The average molecular weight is 395 g/mol. The zero-order valence-corrected chi connectivity index (χ0v) is 16.5. The first kappa shape index (κ1) is 18.1. The summed E-state index contributed by atoms with van der Waals surface area (Å²) in [5.74, 6) is 1.61. The van der Waals surface area contributed by atoms with E-state index in [0.29, 0.717) is 28.0 Å². The Bertz CT molecular complexity index is 958. The number of hydrogen-bond donors (Lipinski definition) is 2. The Hall–Kier alpha value is -1.71. The van der Waals surface area contributed by atoms with Crippen LogP contribution in [0.2, 0.25) is 0 Å². The summed E-state index contributed by atoms with van der Waals surface area (Å²) in [4.78, 5) is 38.5. The number of nitrogens with one attached hydrogen (secondary N) is 2. The van der Waals surface area contributed by atoms with Gasteiger partial charge in [0.1, 0.15) is 10.7 Å². The molecule has 6 nitrogen and oxygen atoms in total. The smallest absolute Gasteiger partial charge is 0.259 e. The summed E-state index contributed by atoms with van der Waals surface area (Å²) in [5, 5.41) is 4.01. The summed E-state index contributed by atoms with van der Waals surface area (Å²) in [6.45, 7) is 6.13. The first-order valence-corrected chi connectivity index (χ1v) is 10.5. The molecule has 0 aliphatic carbocycles. The van der Waals surface area contributed by atoms with E-state index in [9.17, 15) is 9.59 Å². The van der Waals surface area contributed by atoms with Gasteiger partial charge in [-0.2, -0.15) is 0 Å². The molecule has 25 heavy (non-hydrogen) atoms. The fraction of sp³-hybridized carbons (Fsp3) is 0.375. The number of aromatic nitrogens is 3. The van der Waals surface area contributed by atoms with Gasteiger partial charge in [0.2, 0.25) is 5.91 Å². The molecular weight excluding hydrogens is 376 g/mol. The average Bonchev–Trinajstić information content (AvgIpc) is 3.14. The van der Waals surface area contributed by atoms with E-state index in [1.807, 2.05) is 13.0 Å². The van der Waals surface area contributed by atoms with Crippen LogP contribution in [0.1, 0.15) is 35.3 Å². The number of carbonyl (C=O) groups is 1. The predicted molar refractivity (Wildman–Crippen MR) is 106 cm³/mol. The van der Waals surface area contributed by atoms with Crippen molar-refractivity contribution in [2.24, 2.45) is 0 Å². The highest BCUT2D eigenvalue weighted by Gasteiger charge is 2.12. The van der Waals surface area contributed by atoms with Gasteiger partial charge in [-0.05, 0) is 18.9 Å².